The lowest BCUT2D eigenvalue weighted by molar-refractivity contribution is 4.67. The SMILES string of the molecule is S=C=S.[Al]. The molecule has 0 aliphatic rings. The summed E-state index contributed by atoms with van der Waals surface area (Å²) in [7, 11) is 0. The normalized spacial score (nSPS) is 2.00. The van der Waals surface area contributed by atoms with Gasteiger partial charge in [0.2, 0.25) is 0 Å². The van der Waals surface area contributed by atoms with Crippen LogP contribution in [0.2, 0.25) is 0 Å². The number of hydrogen-bond donors (Lipinski definition) is 0. The molecule has 0 fully saturated rings. The summed E-state index contributed by atoms with van der Waals surface area (Å²) in [6.07, 6.45) is 0. The zero-order chi connectivity index (χ0) is 2.71. The molecule has 19 valence electrons. The van der Waals surface area contributed by atoms with Crippen LogP contribution in [0.25, 0.3) is 0 Å². The van der Waals surface area contributed by atoms with E-state index in [-0.39, 0.29) is 17.4 Å². The van der Waals surface area contributed by atoms with Crippen LogP contribution in [0, 0.1) is 0 Å². The zero-order valence-corrected chi connectivity index (χ0v) is 4.68. The van der Waals surface area contributed by atoms with E-state index in [0.717, 1.165) is 0 Å². The van der Waals surface area contributed by atoms with Gasteiger partial charge in [-0.25, -0.2) is 0 Å². The molecule has 4 heavy (non-hydrogen) atoms. The monoisotopic (exact) mass is 103 g/mol. The summed E-state index contributed by atoms with van der Waals surface area (Å²) >= 11 is 7.92. The minimum Gasteiger partial charge on any atom is -0.0148 e. The lowest BCUT2D eigenvalue weighted by Gasteiger charge is -0.992. The van der Waals surface area contributed by atoms with Gasteiger partial charge in [-0.15, -0.1) is 0 Å². The Balaban J connectivity index is 0. The van der Waals surface area contributed by atoms with E-state index in [9.17, 15) is 0 Å². The standard InChI is InChI=1S/CS2.Al/c2-1-3;. The average Bonchev–Trinajstić information content (AvgIpc) is 0.918. The molecule has 3 heteroatoms. The molecule has 0 saturated carbocycles. The van der Waals surface area contributed by atoms with Crippen LogP contribution in [0.3, 0.4) is 0 Å². The molecule has 0 aliphatic carbocycles. The maximum absolute atomic E-state index is 3.96. The van der Waals surface area contributed by atoms with Gasteiger partial charge in [-0.2, -0.15) is 0 Å². The first-order chi connectivity index (χ1) is 1.41. The van der Waals surface area contributed by atoms with Crippen molar-refractivity contribution in [2.45, 2.75) is 0 Å². The topological polar surface area (TPSA) is 0 Å². The van der Waals surface area contributed by atoms with Gasteiger partial charge >= 0.3 is 0 Å². The first-order valence-corrected chi connectivity index (χ1v) is 1.22. The molecule has 0 nitrogen and oxygen atoms in total. The van der Waals surface area contributed by atoms with E-state index in [4.69, 9.17) is 0 Å². The van der Waals surface area contributed by atoms with Crippen LogP contribution in [-0.2, 0) is 0 Å². The molecule has 0 amide bonds. The van der Waals surface area contributed by atoms with Gasteiger partial charge in [0.05, 0.1) is 0 Å². The molecular weight excluding hydrogens is 103 g/mol. The summed E-state index contributed by atoms with van der Waals surface area (Å²) in [5.41, 5.74) is 0. The van der Waals surface area contributed by atoms with E-state index in [0.29, 0.717) is 0 Å². The third kappa shape index (κ3) is 14.9. The van der Waals surface area contributed by atoms with Gasteiger partial charge in [-0.1, -0.05) is 0 Å². The highest BCUT2D eigenvalue weighted by Crippen LogP contribution is 1.29. The smallest absolute Gasteiger partial charge is 0.0148 e. The third-order valence-electron chi connectivity index (χ3n) is 0. The Labute approximate surface area is 46.3 Å². The summed E-state index contributed by atoms with van der Waals surface area (Å²) < 4.78 is 1.92. The largest absolute Gasteiger partial charge is 0.0297 e. The Bertz CT molecular complexity index is 27.0. The first kappa shape index (κ1) is 8.83. The van der Waals surface area contributed by atoms with Crippen molar-refractivity contribution in [3.63, 3.8) is 0 Å². The molecule has 0 bridgehead atoms. The fourth-order valence-corrected chi connectivity index (χ4v) is 0. The molecule has 0 aromatic rings. The summed E-state index contributed by atoms with van der Waals surface area (Å²) in [6, 6.07) is 0. The predicted molar refractivity (Wildman–Crippen MR) is 25.9 cm³/mol. The zero-order valence-electron chi connectivity index (χ0n) is 1.89. The van der Waals surface area contributed by atoms with Crippen molar-refractivity contribution in [2.24, 2.45) is 0 Å². The first-order valence-electron chi connectivity index (χ1n) is 0.408. The fourth-order valence-electron chi connectivity index (χ4n) is 0. The van der Waals surface area contributed by atoms with E-state index in [1.807, 2.05) is 4.31 Å². The quantitative estimate of drug-likeness (QED) is 0.326. The van der Waals surface area contributed by atoms with E-state index >= 15 is 0 Å². The Morgan fingerprint density at radius 1 is 1.25 bits per heavy atom. The second kappa shape index (κ2) is 9.26. The highest BCUT2D eigenvalue weighted by Gasteiger charge is 1.01. The van der Waals surface area contributed by atoms with Crippen molar-refractivity contribution in [1.82, 2.24) is 0 Å². The van der Waals surface area contributed by atoms with E-state index < -0.39 is 0 Å². The van der Waals surface area contributed by atoms with Gasteiger partial charge in [-0.05, 0) is 24.4 Å². The van der Waals surface area contributed by atoms with Crippen LogP contribution in [0.1, 0.15) is 0 Å². The molecule has 0 N–H and O–H groups in total. The van der Waals surface area contributed by atoms with Gasteiger partial charge < -0.3 is 0 Å². The molecule has 0 aliphatic heterocycles. The molecule has 0 aromatic carbocycles. The Kier molecular flexibility index (Phi) is 20.4. The van der Waals surface area contributed by atoms with Crippen LogP contribution >= 0.6 is 24.4 Å². The van der Waals surface area contributed by atoms with Crippen molar-refractivity contribution in [2.75, 3.05) is 0 Å². The molecule has 0 unspecified atom stereocenters. The lowest BCUT2D eigenvalue weighted by Crippen LogP contribution is -0.917. The van der Waals surface area contributed by atoms with Gasteiger partial charge in [0, 0.05) is 21.7 Å². The van der Waals surface area contributed by atoms with Crippen LogP contribution in [0.15, 0.2) is 0 Å². The molecule has 0 atom stereocenters. The minimum atomic E-state index is 0. The summed E-state index contributed by atoms with van der Waals surface area (Å²) in [5, 5.41) is 0. The summed E-state index contributed by atoms with van der Waals surface area (Å²) in [5.74, 6) is 0. The van der Waals surface area contributed by atoms with Crippen molar-refractivity contribution >= 4 is 46.1 Å². The fraction of sp³-hybridized carbons (Fsp3) is 0. The van der Waals surface area contributed by atoms with Gasteiger partial charge in [0.25, 0.3) is 0 Å². The van der Waals surface area contributed by atoms with Crippen LogP contribution in [0.5, 0.6) is 0 Å². The number of rotatable bonds is 0. The van der Waals surface area contributed by atoms with E-state index in [2.05, 4.69) is 24.4 Å². The van der Waals surface area contributed by atoms with Crippen LogP contribution < -0.4 is 0 Å². The highest BCUT2D eigenvalue weighted by atomic mass is 32.1. The van der Waals surface area contributed by atoms with Crippen molar-refractivity contribution in [3.05, 3.63) is 0 Å². The minimum absolute atomic E-state index is 0. The van der Waals surface area contributed by atoms with Gasteiger partial charge in [-0.3, -0.25) is 0 Å². The summed E-state index contributed by atoms with van der Waals surface area (Å²) in [6.45, 7) is 0. The number of hydrogen-bond acceptors (Lipinski definition) is 2. The number of thiocarbonyl (C=S) groups is 2. The van der Waals surface area contributed by atoms with Crippen molar-refractivity contribution in [1.29, 1.82) is 0 Å². The molecular formula is CAlS2. The maximum atomic E-state index is 3.96. The van der Waals surface area contributed by atoms with E-state index in [1.165, 1.54) is 0 Å². The molecule has 0 saturated heterocycles. The van der Waals surface area contributed by atoms with Gasteiger partial charge in [0.15, 0.2) is 0 Å². The molecule has 0 aromatic heterocycles. The molecule has 0 rings (SSSR count). The Hall–Kier alpha value is 0.752. The second-order valence-corrected chi connectivity index (χ2v) is 0.750. The van der Waals surface area contributed by atoms with Crippen molar-refractivity contribution in [3.8, 4) is 0 Å². The Morgan fingerprint density at radius 2 is 1.25 bits per heavy atom. The predicted octanol–water partition coefficient (Wildman–Crippen LogP) is 0.637. The Morgan fingerprint density at radius 3 is 1.25 bits per heavy atom. The van der Waals surface area contributed by atoms with Gasteiger partial charge in [0.1, 0.15) is 0 Å². The van der Waals surface area contributed by atoms with Crippen molar-refractivity contribution < 1.29 is 0 Å². The highest BCUT2D eigenvalue weighted by molar-refractivity contribution is 7.93. The van der Waals surface area contributed by atoms with Crippen LogP contribution in [0.4, 0.5) is 0 Å². The second-order valence-electron chi connectivity index (χ2n) is 0.0833. The average molecular weight is 103 g/mol. The summed E-state index contributed by atoms with van der Waals surface area (Å²) in [4.78, 5) is 0. The maximum Gasteiger partial charge on any atom is 0.0297 e. The lowest BCUT2D eigenvalue weighted by atomic mass is 12.0. The molecule has 0 heterocycles. The molecule has 3 radical (unpaired) electrons. The molecule has 0 spiro atoms. The van der Waals surface area contributed by atoms with E-state index in [1.54, 1.807) is 0 Å². The van der Waals surface area contributed by atoms with Crippen LogP contribution in [-0.4, -0.2) is 21.7 Å². The third-order valence-corrected chi connectivity index (χ3v) is 0.